The van der Waals surface area contributed by atoms with Crippen LogP contribution in [-0.2, 0) is 12.0 Å². The SMILES string of the molecule is CC(C)(C)c1cc(F)c2c(=O)n(-c3cccc(-c4ccco4)c3CO)ncc2c1. The van der Waals surface area contributed by atoms with Gasteiger partial charge in [0.25, 0.3) is 5.56 Å². The monoisotopic (exact) mass is 392 g/mol. The van der Waals surface area contributed by atoms with Gasteiger partial charge in [-0.05, 0) is 41.3 Å². The zero-order chi connectivity index (χ0) is 20.8. The fourth-order valence-corrected chi connectivity index (χ4v) is 3.44. The number of halogens is 1. The van der Waals surface area contributed by atoms with E-state index in [0.717, 1.165) is 10.2 Å². The molecule has 0 aliphatic heterocycles. The Bertz CT molecular complexity index is 1250. The average molecular weight is 392 g/mol. The van der Waals surface area contributed by atoms with Crippen LogP contribution >= 0.6 is 0 Å². The van der Waals surface area contributed by atoms with E-state index in [1.807, 2.05) is 20.8 Å². The van der Waals surface area contributed by atoms with E-state index in [4.69, 9.17) is 4.42 Å². The first-order valence-corrected chi connectivity index (χ1v) is 9.30. The van der Waals surface area contributed by atoms with Crippen LogP contribution in [0.15, 0.2) is 64.1 Å². The van der Waals surface area contributed by atoms with Gasteiger partial charge in [0.05, 0.1) is 30.1 Å². The Hall–Kier alpha value is -3.25. The number of benzene rings is 2. The minimum absolute atomic E-state index is 0.0275. The lowest BCUT2D eigenvalue weighted by Crippen LogP contribution is -2.24. The van der Waals surface area contributed by atoms with E-state index in [0.29, 0.717) is 28.0 Å². The summed E-state index contributed by atoms with van der Waals surface area (Å²) in [7, 11) is 0. The molecule has 2 aromatic heterocycles. The number of hydrogen-bond donors (Lipinski definition) is 1. The molecule has 0 fully saturated rings. The van der Waals surface area contributed by atoms with Crippen LogP contribution in [0.5, 0.6) is 0 Å². The summed E-state index contributed by atoms with van der Waals surface area (Å²) in [5, 5.41) is 14.7. The Kier molecular flexibility index (Phi) is 4.59. The lowest BCUT2D eigenvalue weighted by molar-refractivity contribution is 0.281. The first kappa shape index (κ1) is 19.1. The summed E-state index contributed by atoms with van der Waals surface area (Å²) >= 11 is 0. The number of fused-ring (bicyclic) bond motifs is 1. The molecule has 0 amide bonds. The van der Waals surface area contributed by atoms with Crippen LogP contribution in [0.2, 0.25) is 0 Å². The second-order valence-corrected chi connectivity index (χ2v) is 7.97. The molecular weight excluding hydrogens is 371 g/mol. The van der Waals surface area contributed by atoms with E-state index < -0.39 is 11.4 Å². The molecule has 0 saturated carbocycles. The highest BCUT2D eigenvalue weighted by Gasteiger charge is 2.20. The smallest absolute Gasteiger partial charge is 0.282 e. The van der Waals surface area contributed by atoms with Crippen LogP contribution in [0.4, 0.5) is 4.39 Å². The summed E-state index contributed by atoms with van der Waals surface area (Å²) < 4.78 is 21.5. The molecule has 1 N–H and O–H groups in total. The lowest BCUT2D eigenvalue weighted by Gasteiger charge is -2.20. The summed E-state index contributed by atoms with van der Waals surface area (Å²) in [6.45, 7) is 5.62. The number of nitrogens with zero attached hydrogens (tertiary/aromatic N) is 2. The molecule has 4 rings (SSSR count). The standard InChI is InChI=1S/C23H21FN2O3/c1-23(2,3)15-10-14-12-25-26(22(28)21(14)18(24)11-15)19-7-4-6-16(17(19)13-27)20-8-5-9-29-20/h4-12,27H,13H2,1-3H3. The molecule has 0 saturated heterocycles. The van der Waals surface area contributed by atoms with Crippen molar-refractivity contribution in [3.05, 3.63) is 82.2 Å². The highest BCUT2D eigenvalue weighted by Crippen LogP contribution is 2.30. The van der Waals surface area contributed by atoms with E-state index in [1.165, 1.54) is 18.5 Å². The number of aliphatic hydroxyl groups excluding tert-OH is 1. The fourth-order valence-electron chi connectivity index (χ4n) is 3.44. The molecule has 148 valence electrons. The molecule has 0 aliphatic rings. The van der Waals surface area contributed by atoms with E-state index in [2.05, 4.69) is 5.10 Å². The van der Waals surface area contributed by atoms with E-state index >= 15 is 0 Å². The Morgan fingerprint density at radius 2 is 1.97 bits per heavy atom. The summed E-state index contributed by atoms with van der Waals surface area (Å²) in [5.74, 6) is -0.0212. The molecule has 2 heterocycles. The maximum absolute atomic E-state index is 14.9. The van der Waals surface area contributed by atoms with Gasteiger partial charge in [-0.1, -0.05) is 32.9 Å². The predicted molar refractivity (Wildman–Crippen MR) is 110 cm³/mol. The fraction of sp³-hybridized carbons (Fsp3) is 0.217. The van der Waals surface area contributed by atoms with Gasteiger partial charge in [0.15, 0.2) is 0 Å². The molecule has 5 nitrogen and oxygen atoms in total. The summed E-state index contributed by atoms with van der Waals surface area (Å²) in [6, 6.07) is 11.9. The van der Waals surface area contributed by atoms with Crippen molar-refractivity contribution < 1.29 is 13.9 Å². The Labute approximate surface area is 167 Å². The Morgan fingerprint density at radius 3 is 2.62 bits per heavy atom. The van der Waals surface area contributed by atoms with Crippen LogP contribution in [0, 0.1) is 5.82 Å². The quantitative estimate of drug-likeness (QED) is 0.554. The highest BCUT2D eigenvalue weighted by molar-refractivity contribution is 5.82. The number of aliphatic hydroxyl groups is 1. The molecule has 0 bridgehead atoms. The van der Waals surface area contributed by atoms with Gasteiger partial charge >= 0.3 is 0 Å². The van der Waals surface area contributed by atoms with Crippen molar-refractivity contribution in [2.24, 2.45) is 0 Å². The number of aromatic nitrogens is 2. The molecule has 2 aromatic carbocycles. The minimum Gasteiger partial charge on any atom is -0.464 e. The molecule has 0 unspecified atom stereocenters. The third-order valence-electron chi connectivity index (χ3n) is 5.03. The predicted octanol–water partition coefficient (Wildman–Crippen LogP) is 4.57. The van der Waals surface area contributed by atoms with Gasteiger partial charge in [-0.15, -0.1) is 0 Å². The van der Waals surface area contributed by atoms with Gasteiger partial charge in [-0.3, -0.25) is 4.79 Å². The maximum atomic E-state index is 14.9. The molecular formula is C23H21FN2O3. The molecule has 6 heteroatoms. The van der Waals surface area contributed by atoms with Crippen molar-refractivity contribution in [1.29, 1.82) is 0 Å². The van der Waals surface area contributed by atoms with Gasteiger partial charge in [-0.2, -0.15) is 9.78 Å². The van der Waals surface area contributed by atoms with E-state index in [9.17, 15) is 14.3 Å². The van der Waals surface area contributed by atoms with Crippen molar-refractivity contribution in [3.63, 3.8) is 0 Å². The van der Waals surface area contributed by atoms with Crippen molar-refractivity contribution in [2.75, 3.05) is 0 Å². The van der Waals surface area contributed by atoms with E-state index in [-0.39, 0.29) is 17.4 Å². The normalized spacial score (nSPS) is 11.9. The average Bonchev–Trinajstić information content (AvgIpc) is 3.21. The van der Waals surface area contributed by atoms with Crippen LogP contribution < -0.4 is 5.56 Å². The van der Waals surface area contributed by atoms with Gasteiger partial charge in [0, 0.05) is 16.5 Å². The van der Waals surface area contributed by atoms with Crippen molar-refractivity contribution >= 4 is 10.8 Å². The van der Waals surface area contributed by atoms with Gasteiger partial charge in [0.2, 0.25) is 0 Å². The van der Waals surface area contributed by atoms with Gasteiger partial charge in [0.1, 0.15) is 11.6 Å². The zero-order valence-corrected chi connectivity index (χ0v) is 16.4. The number of hydrogen-bond acceptors (Lipinski definition) is 4. The first-order chi connectivity index (χ1) is 13.8. The molecule has 4 aromatic rings. The van der Waals surface area contributed by atoms with Crippen LogP contribution in [0.25, 0.3) is 27.8 Å². The second-order valence-electron chi connectivity index (χ2n) is 7.97. The summed E-state index contributed by atoms with van der Waals surface area (Å²) in [5.41, 5.74) is 1.46. The van der Waals surface area contributed by atoms with Crippen LogP contribution in [-0.4, -0.2) is 14.9 Å². The van der Waals surface area contributed by atoms with Gasteiger partial charge in [-0.25, -0.2) is 4.39 Å². The zero-order valence-electron chi connectivity index (χ0n) is 16.4. The van der Waals surface area contributed by atoms with Gasteiger partial charge < -0.3 is 9.52 Å². The second kappa shape index (κ2) is 6.97. The summed E-state index contributed by atoms with van der Waals surface area (Å²) in [4.78, 5) is 13.1. The van der Waals surface area contributed by atoms with Crippen LogP contribution in [0.3, 0.4) is 0 Å². The van der Waals surface area contributed by atoms with E-state index in [1.54, 1.807) is 36.4 Å². The van der Waals surface area contributed by atoms with Crippen molar-refractivity contribution in [1.82, 2.24) is 9.78 Å². The van der Waals surface area contributed by atoms with Crippen molar-refractivity contribution in [2.45, 2.75) is 32.8 Å². The molecule has 0 spiro atoms. The third kappa shape index (κ3) is 3.25. The first-order valence-electron chi connectivity index (χ1n) is 9.30. The molecule has 0 radical (unpaired) electrons. The summed E-state index contributed by atoms with van der Waals surface area (Å²) in [6.07, 6.45) is 3.02. The maximum Gasteiger partial charge on any atom is 0.282 e. The number of furan rings is 1. The largest absolute Gasteiger partial charge is 0.464 e. The number of rotatable bonds is 3. The lowest BCUT2D eigenvalue weighted by atomic mass is 9.86. The highest BCUT2D eigenvalue weighted by atomic mass is 19.1. The Morgan fingerprint density at radius 1 is 1.17 bits per heavy atom. The third-order valence-corrected chi connectivity index (χ3v) is 5.03. The van der Waals surface area contributed by atoms with Crippen molar-refractivity contribution in [3.8, 4) is 17.0 Å². The molecule has 29 heavy (non-hydrogen) atoms. The Balaban J connectivity index is 1.97. The molecule has 0 aliphatic carbocycles. The molecule has 0 atom stereocenters. The topological polar surface area (TPSA) is 68.3 Å². The van der Waals surface area contributed by atoms with Crippen LogP contribution in [0.1, 0.15) is 31.9 Å². The minimum atomic E-state index is -0.582.